The summed E-state index contributed by atoms with van der Waals surface area (Å²) in [6.45, 7) is -0.215. The molecule has 1 aromatic heterocycles. The Morgan fingerprint density at radius 1 is 1.12 bits per heavy atom. The molecular weight excluding hydrogens is 445 g/mol. The third-order valence-corrected chi connectivity index (χ3v) is 7.02. The molecule has 0 spiro atoms. The molecule has 5 nitrogen and oxygen atoms in total. The highest BCUT2D eigenvalue weighted by Crippen LogP contribution is 2.34. The third kappa shape index (κ3) is 4.68. The van der Waals surface area contributed by atoms with E-state index < -0.39 is 28.8 Å². The van der Waals surface area contributed by atoms with Crippen molar-refractivity contribution in [2.75, 3.05) is 6.61 Å². The summed E-state index contributed by atoms with van der Waals surface area (Å²) in [5, 5.41) is 20.6. The van der Waals surface area contributed by atoms with Crippen LogP contribution in [0.2, 0.25) is 5.02 Å². The van der Waals surface area contributed by atoms with Crippen molar-refractivity contribution in [3.63, 3.8) is 0 Å². The molecule has 1 aliphatic rings. The standard InChI is InChI=1S/C26H27ClFNO4/c27-20-11-6-9-17(24(20)28)14-22-23(26(32)33)25(31)19-10-4-5-12-21(19)29(22)18(15-30)13-16-7-2-1-3-8-16/h4-6,9-12,16,18,30H,1-3,7-8,13-15H2,(H,32,33). The fourth-order valence-electron chi connectivity index (χ4n) is 5.15. The number of hydrogen-bond donors (Lipinski definition) is 2. The van der Waals surface area contributed by atoms with E-state index in [0.29, 0.717) is 17.9 Å². The summed E-state index contributed by atoms with van der Waals surface area (Å²) >= 11 is 5.97. The van der Waals surface area contributed by atoms with Crippen LogP contribution in [-0.4, -0.2) is 27.4 Å². The van der Waals surface area contributed by atoms with Crippen LogP contribution in [0.1, 0.15) is 66.2 Å². The van der Waals surface area contributed by atoms with Gasteiger partial charge in [-0.05, 0) is 36.1 Å². The Balaban J connectivity index is 1.96. The van der Waals surface area contributed by atoms with Crippen molar-refractivity contribution in [3.8, 4) is 0 Å². The maximum absolute atomic E-state index is 14.8. The summed E-state index contributed by atoms with van der Waals surface area (Å²) in [5.74, 6) is -1.61. The summed E-state index contributed by atoms with van der Waals surface area (Å²) in [6, 6.07) is 10.9. The van der Waals surface area contributed by atoms with E-state index >= 15 is 0 Å². The lowest BCUT2D eigenvalue weighted by molar-refractivity contribution is 0.0692. The lowest BCUT2D eigenvalue weighted by Crippen LogP contribution is -2.29. The number of para-hydroxylation sites is 1. The number of carboxylic acids is 1. The zero-order valence-electron chi connectivity index (χ0n) is 18.3. The minimum absolute atomic E-state index is 0.0695. The predicted molar refractivity (Wildman–Crippen MR) is 127 cm³/mol. The molecule has 2 aromatic carbocycles. The molecule has 2 N–H and O–H groups in total. The summed E-state index contributed by atoms with van der Waals surface area (Å²) < 4.78 is 16.6. The molecule has 4 rings (SSSR count). The smallest absolute Gasteiger partial charge is 0.341 e. The first-order valence-corrected chi connectivity index (χ1v) is 11.7. The number of aliphatic hydroxyl groups excluding tert-OH is 1. The normalized spacial score (nSPS) is 15.6. The summed E-state index contributed by atoms with van der Waals surface area (Å²) in [5.41, 5.74) is -0.0823. The number of benzene rings is 2. The van der Waals surface area contributed by atoms with E-state index in [0.717, 1.165) is 25.7 Å². The van der Waals surface area contributed by atoms with Crippen molar-refractivity contribution in [2.45, 2.75) is 51.0 Å². The van der Waals surface area contributed by atoms with E-state index in [1.807, 2.05) is 0 Å². The quantitative estimate of drug-likeness (QED) is 0.471. The Hall–Kier alpha value is -2.70. The first-order chi connectivity index (χ1) is 15.9. The highest BCUT2D eigenvalue weighted by atomic mass is 35.5. The number of pyridine rings is 1. The van der Waals surface area contributed by atoms with Crippen molar-refractivity contribution in [1.82, 2.24) is 4.57 Å². The van der Waals surface area contributed by atoms with Gasteiger partial charge in [-0.1, -0.05) is 68.0 Å². The maximum atomic E-state index is 14.8. The van der Waals surface area contributed by atoms with Crippen LogP contribution in [0, 0.1) is 11.7 Å². The Labute approximate surface area is 196 Å². The van der Waals surface area contributed by atoms with Crippen molar-refractivity contribution in [2.24, 2.45) is 5.92 Å². The van der Waals surface area contributed by atoms with Crippen molar-refractivity contribution >= 4 is 28.5 Å². The number of rotatable bonds is 7. The molecule has 1 aliphatic carbocycles. The highest BCUT2D eigenvalue weighted by Gasteiger charge is 2.28. The monoisotopic (exact) mass is 471 g/mol. The number of aromatic nitrogens is 1. The van der Waals surface area contributed by atoms with Gasteiger partial charge in [0.1, 0.15) is 11.4 Å². The summed E-state index contributed by atoms with van der Waals surface area (Å²) in [4.78, 5) is 25.5. The van der Waals surface area contributed by atoms with E-state index in [-0.39, 0.29) is 34.7 Å². The molecule has 0 bridgehead atoms. The van der Waals surface area contributed by atoms with Gasteiger partial charge in [0.2, 0.25) is 5.43 Å². The molecule has 0 amide bonds. The van der Waals surface area contributed by atoms with E-state index in [1.54, 1.807) is 34.9 Å². The lowest BCUT2D eigenvalue weighted by atomic mass is 9.84. The average molecular weight is 472 g/mol. The Morgan fingerprint density at radius 3 is 2.55 bits per heavy atom. The molecule has 33 heavy (non-hydrogen) atoms. The Kier molecular flexibility index (Phi) is 7.15. The number of carbonyl (C=O) groups is 1. The first kappa shape index (κ1) is 23.5. The molecule has 1 unspecified atom stereocenters. The van der Waals surface area contributed by atoms with E-state index in [4.69, 9.17) is 11.6 Å². The fourth-order valence-corrected chi connectivity index (χ4v) is 5.35. The van der Waals surface area contributed by atoms with Crippen LogP contribution < -0.4 is 5.43 Å². The van der Waals surface area contributed by atoms with Gasteiger partial charge in [-0.3, -0.25) is 4.79 Å². The Morgan fingerprint density at radius 2 is 1.85 bits per heavy atom. The summed E-state index contributed by atoms with van der Waals surface area (Å²) in [6.07, 6.45) is 6.10. The number of carboxylic acid groups (broad SMARTS) is 1. The van der Waals surface area contributed by atoms with Crippen LogP contribution in [0.4, 0.5) is 4.39 Å². The number of fused-ring (bicyclic) bond motifs is 1. The molecular formula is C26H27ClFNO4. The number of aliphatic hydroxyl groups is 1. The summed E-state index contributed by atoms with van der Waals surface area (Å²) in [7, 11) is 0. The van der Waals surface area contributed by atoms with Gasteiger partial charge in [-0.25, -0.2) is 9.18 Å². The minimum Gasteiger partial charge on any atom is -0.477 e. The number of hydrogen-bond acceptors (Lipinski definition) is 3. The molecule has 7 heteroatoms. The van der Waals surface area contributed by atoms with Gasteiger partial charge in [-0.15, -0.1) is 0 Å². The molecule has 1 heterocycles. The molecule has 3 aromatic rings. The Bertz CT molecular complexity index is 1230. The molecule has 0 aliphatic heterocycles. The van der Waals surface area contributed by atoms with Crippen LogP contribution in [0.15, 0.2) is 47.3 Å². The maximum Gasteiger partial charge on any atom is 0.341 e. The van der Waals surface area contributed by atoms with Crippen LogP contribution in [-0.2, 0) is 6.42 Å². The van der Waals surface area contributed by atoms with Crippen LogP contribution in [0.25, 0.3) is 10.9 Å². The van der Waals surface area contributed by atoms with Crippen LogP contribution in [0.3, 0.4) is 0 Å². The van der Waals surface area contributed by atoms with Gasteiger partial charge in [0, 0.05) is 17.5 Å². The first-order valence-electron chi connectivity index (χ1n) is 11.4. The molecule has 1 saturated carbocycles. The average Bonchev–Trinajstić information content (AvgIpc) is 2.81. The van der Waals surface area contributed by atoms with Crippen molar-refractivity contribution in [1.29, 1.82) is 0 Å². The number of halogens is 2. The van der Waals surface area contributed by atoms with Gasteiger partial charge >= 0.3 is 5.97 Å². The topological polar surface area (TPSA) is 79.5 Å². The van der Waals surface area contributed by atoms with E-state index in [9.17, 15) is 24.2 Å². The highest BCUT2D eigenvalue weighted by molar-refractivity contribution is 6.30. The number of aromatic carboxylic acids is 1. The van der Waals surface area contributed by atoms with Crippen molar-refractivity contribution < 1.29 is 19.4 Å². The van der Waals surface area contributed by atoms with Crippen LogP contribution >= 0.6 is 11.6 Å². The van der Waals surface area contributed by atoms with E-state index in [2.05, 4.69) is 0 Å². The van der Waals surface area contributed by atoms with Gasteiger partial charge in [0.05, 0.1) is 23.2 Å². The van der Waals surface area contributed by atoms with E-state index in [1.165, 1.54) is 18.6 Å². The minimum atomic E-state index is -1.37. The van der Waals surface area contributed by atoms with Gasteiger partial charge in [0.15, 0.2) is 0 Å². The lowest BCUT2D eigenvalue weighted by Gasteiger charge is -2.31. The fraction of sp³-hybridized carbons (Fsp3) is 0.385. The van der Waals surface area contributed by atoms with Gasteiger partial charge in [0.25, 0.3) is 0 Å². The second-order valence-corrected chi connectivity index (χ2v) is 9.22. The predicted octanol–water partition coefficient (Wildman–Crippen LogP) is 5.59. The molecule has 1 fully saturated rings. The zero-order valence-corrected chi connectivity index (χ0v) is 19.0. The third-order valence-electron chi connectivity index (χ3n) is 6.72. The largest absolute Gasteiger partial charge is 0.477 e. The second-order valence-electron chi connectivity index (χ2n) is 8.81. The molecule has 174 valence electrons. The van der Waals surface area contributed by atoms with Crippen molar-refractivity contribution in [3.05, 3.63) is 80.3 Å². The SMILES string of the molecule is O=C(O)c1c(Cc2cccc(Cl)c2F)n(C(CO)CC2CCCCC2)c2ccccc2c1=O. The second kappa shape index (κ2) is 10.1. The van der Waals surface area contributed by atoms with Crippen LogP contribution in [0.5, 0.6) is 0 Å². The van der Waals surface area contributed by atoms with Gasteiger partial charge in [-0.2, -0.15) is 0 Å². The zero-order chi connectivity index (χ0) is 23.5. The van der Waals surface area contributed by atoms with Gasteiger partial charge < -0.3 is 14.8 Å². The molecule has 0 saturated heterocycles. The number of nitrogens with zero attached hydrogens (tertiary/aromatic N) is 1. The molecule has 1 atom stereocenters. The molecule has 0 radical (unpaired) electrons.